The van der Waals surface area contributed by atoms with Crippen LogP contribution < -0.4 is 30.4 Å². The number of ether oxygens (including phenoxy) is 4. The van der Waals surface area contributed by atoms with Crippen molar-refractivity contribution in [3.63, 3.8) is 0 Å². The molecule has 0 fully saturated rings. The Morgan fingerprint density at radius 1 is 0.557 bits per heavy atom. The van der Waals surface area contributed by atoms with E-state index in [0.29, 0.717) is 11.1 Å². The second-order valence-electron chi connectivity index (χ2n) is 13.0. The van der Waals surface area contributed by atoms with E-state index in [1.807, 2.05) is 0 Å². The van der Waals surface area contributed by atoms with Crippen molar-refractivity contribution in [2.45, 2.75) is 30.9 Å². The SMILES string of the molecule is Nc1cc(N)cc(C(CC(=O)C=Cc2ccc(OC(=O)c3ccc(OC(F)(F)F)cc3)cc2)C(O)(O)C(=O)C=Cc2ccc(OC(=O)c3ccc(OC(F)(F)F)cc3)cc2)c1. The molecule has 0 aromatic heterocycles. The van der Waals surface area contributed by atoms with E-state index in [1.165, 1.54) is 78.9 Å². The fourth-order valence-corrected chi connectivity index (χ4v) is 5.53. The molecule has 0 spiro atoms. The third-order valence-corrected chi connectivity index (χ3v) is 8.37. The Morgan fingerprint density at radius 2 is 0.934 bits per heavy atom. The molecule has 0 heterocycles. The molecule has 12 nitrogen and oxygen atoms in total. The summed E-state index contributed by atoms with van der Waals surface area (Å²) < 4.78 is 92.5. The number of nitrogens with two attached hydrogens (primary N) is 2. The van der Waals surface area contributed by atoms with E-state index >= 15 is 0 Å². The van der Waals surface area contributed by atoms with E-state index in [-0.39, 0.29) is 39.6 Å². The molecule has 61 heavy (non-hydrogen) atoms. The van der Waals surface area contributed by atoms with Crippen LogP contribution in [0.15, 0.2) is 127 Å². The lowest BCUT2D eigenvalue weighted by molar-refractivity contribution is -0.275. The standard InChI is InChI=1S/C43H32F6N2O10/c44-42(45,46)60-35-16-7-27(8-17-35)39(54)58-33-12-2-25(3-13-33)1-11-32(52)24-37(29-21-30(50)23-31(51)22-29)41(56,57)38(53)20-6-26-4-14-34(15-5-26)59-40(55)28-9-18-36(19-10-28)61-43(47,48)49/h1-23,37,56-57H,24,50-51H2. The van der Waals surface area contributed by atoms with E-state index in [1.54, 1.807) is 0 Å². The van der Waals surface area contributed by atoms with Gasteiger partial charge in [0.2, 0.25) is 11.6 Å². The fourth-order valence-electron chi connectivity index (χ4n) is 5.53. The number of alkyl halides is 6. The summed E-state index contributed by atoms with van der Waals surface area (Å²) in [6.07, 6.45) is -5.84. The molecule has 316 valence electrons. The molecule has 5 aromatic rings. The number of carbonyl (C=O) groups is 4. The first kappa shape index (κ1) is 44.7. The van der Waals surface area contributed by atoms with Crippen molar-refractivity contribution in [1.29, 1.82) is 0 Å². The first-order chi connectivity index (χ1) is 28.6. The number of benzene rings is 5. The maximum Gasteiger partial charge on any atom is 0.573 e. The molecular formula is C43H32F6N2O10. The summed E-state index contributed by atoms with van der Waals surface area (Å²) in [7, 11) is 0. The zero-order chi connectivity index (χ0) is 44.5. The zero-order valence-electron chi connectivity index (χ0n) is 31.1. The van der Waals surface area contributed by atoms with Crippen LogP contribution in [0.3, 0.4) is 0 Å². The third-order valence-electron chi connectivity index (χ3n) is 8.37. The summed E-state index contributed by atoms with van der Waals surface area (Å²) in [5.41, 5.74) is 12.8. The van der Waals surface area contributed by atoms with E-state index in [4.69, 9.17) is 20.9 Å². The number of anilines is 2. The summed E-state index contributed by atoms with van der Waals surface area (Å²) in [6.45, 7) is 0. The molecule has 0 aliphatic carbocycles. The van der Waals surface area contributed by atoms with Gasteiger partial charge in [0.15, 0.2) is 5.78 Å². The Bertz CT molecular complexity index is 2410. The summed E-state index contributed by atoms with van der Waals surface area (Å²) in [5, 5.41) is 22.5. The number of rotatable bonds is 15. The third kappa shape index (κ3) is 13.3. The van der Waals surface area contributed by atoms with Crippen molar-refractivity contribution < 1.29 is 74.7 Å². The maximum atomic E-state index is 13.3. The van der Waals surface area contributed by atoms with Crippen molar-refractivity contribution in [2.24, 2.45) is 0 Å². The van der Waals surface area contributed by atoms with Crippen LogP contribution in [0, 0.1) is 0 Å². The number of hydrogen-bond acceptors (Lipinski definition) is 12. The van der Waals surface area contributed by atoms with Gasteiger partial charge in [-0.25, -0.2) is 9.59 Å². The molecule has 0 saturated carbocycles. The molecule has 6 N–H and O–H groups in total. The first-order valence-corrected chi connectivity index (χ1v) is 17.5. The summed E-state index contributed by atoms with van der Waals surface area (Å²) in [4.78, 5) is 51.5. The topological polar surface area (TPSA) is 198 Å². The fraction of sp³-hybridized carbons (Fsp3) is 0.116. The normalized spacial score (nSPS) is 12.5. The van der Waals surface area contributed by atoms with Crippen molar-refractivity contribution in [3.8, 4) is 23.0 Å². The monoisotopic (exact) mass is 850 g/mol. The lowest BCUT2D eigenvalue weighted by Crippen LogP contribution is -2.44. The number of aliphatic hydroxyl groups is 2. The van der Waals surface area contributed by atoms with E-state index in [2.05, 4.69) is 9.47 Å². The second kappa shape index (κ2) is 18.6. The van der Waals surface area contributed by atoms with Crippen LogP contribution in [0.2, 0.25) is 0 Å². The predicted molar refractivity (Wildman–Crippen MR) is 207 cm³/mol. The van der Waals surface area contributed by atoms with Gasteiger partial charge in [0, 0.05) is 17.8 Å². The van der Waals surface area contributed by atoms with E-state index in [0.717, 1.165) is 60.7 Å². The predicted octanol–water partition coefficient (Wildman–Crippen LogP) is 7.81. The quantitative estimate of drug-likeness (QED) is 0.0199. The number of nitrogen functional groups attached to an aromatic ring is 2. The minimum atomic E-state index is -4.91. The van der Waals surface area contributed by atoms with Crippen LogP contribution in [0.25, 0.3) is 12.2 Å². The number of carbonyl (C=O) groups excluding carboxylic acids is 4. The molecule has 0 radical (unpaired) electrons. The molecule has 5 rings (SSSR count). The molecule has 1 unspecified atom stereocenters. The van der Waals surface area contributed by atoms with E-state index in [9.17, 15) is 55.7 Å². The van der Waals surface area contributed by atoms with Gasteiger partial charge in [0.1, 0.15) is 23.0 Å². The van der Waals surface area contributed by atoms with Crippen molar-refractivity contribution >= 4 is 47.0 Å². The Hall–Kier alpha value is -7.44. The van der Waals surface area contributed by atoms with Gasteiger partial charge in [-0.3, -0.25) is 9.59 Å². The highest BCUT2D eigenvalue weighted by Gasteiger charge is 2.42. The van der Waals surface area contributed by atoms with Crippen molar-refractivity contribution in [1.82, 2.24) is 0 Å². The van der Waals surface area contributed by atoms with Gasteiger partial charge in [-0.05, 0) is 120 Å². The smallest absolute Gasteiger partial charge is 0.423 e. The minimum absolute atomic E-state index is 0.0405. The second-order valence-corrected chi connectivity index (χ2v) is 13.0. The minimum Gasteiger partial charge on any atom is -0.423 e. The van der Waals surface area contributed by atoms with Gasteiger partial charge in [0.25, 0.3) is 0 Å². The number of ketones is 2. The van der Waals surface area contributed by atoms with Gasteiger partial charge in [0.05, 0.1) is 17.0 Å². The number of hydrogen-bond donors (Lipinski definition) is 4. The van der Waals surface area contributed by atoms with Gasteiger partial charge < -0.3 is 40.6 Å². The van der Waals surface area contributed by atoms with Crippen molar-refractivity contribution in [2.75, 3.05) is 11.5 Å². The molecule has 18 heteroatoms. The highest BCUT2D eigenvalue weighted by atomic mass is 19.4. The van der Waals surface area contributed by atoms with Gasteiger partial charge >= 0.3 is 24.7 Å². The number of halogens is 6. The Balaban J connectivity index is 1.22. The number of esters is 2. The molecule has 0 aliphatic heterocycles. The van der Waals surface area contributed by atoms with Gasteiger partial charge in [-0.2, -0.15) is 0 Å². The molecule has 0 bridgehead atoms. The molecule has 0 amide bonds. The van der Waals surface area contributed by atoms with Crippen molar-refractivity contribution in [3.05, 3.63) is 155 Å². The van der Waals surface area contributed by atoms with Crippen LogP contribution in [-0.4, -0.2) is 52.2 Å². The van der Waals surface area contributed by atoms with Crippen LogP contribution >= 0.6 is 0 Å². The summed E-state index contributed by atoms with van der Waals surface area (Å²) in [5.74, 6) is -9.31. The largest absolute Gasteiger partial charge is 0.573 e. The lowest BCUT2D eigenvalue weighted by atomic mass is 9.83. The Morgan fingerprint density at radius 3 is 1.33 bits per heavy atom. The van der Waals surface area contributed by atoms with Crippen LogP contribution in [0.1, 0.15) is 49.7 Å². The molecule has 1 atom stereocenters. The maximum absolute atomic E-state index is 13.3. The van der Waals surface area contributed by atoms with Crippen LogP contribution in [0.5, 0.6) is 23.0 Å². The zero-order valence-corrected chi connectivity index (χ0v) is 31.1. The first-order valence-electron chi connectivity index (χ1n) is 17.5. The Labute approximate surface area is 341 Å². The van der Waals surface area contributed by atoms with Crippen LogP contribution in [0.4, 0.5) is 37.7 Å². The van der Waals surface area contributed by atoms with Gasteiger partial charge in [-0.15, -0.1) is 26.3 Å². The average molecular weight is 851 g/mol. The van der Waals surface area contributed by atoms with Gasteiger partial charge in [-0.1, -0.05) is 36.4 Å². The molecular weight excluding hydrogens is 818 g/mol. The van der Waals surface area contributed by atoms with E-state index < -0.39 is 65.9 Å². The summed E-state index contributed by atoms with van der Waals surface area (Å²) >= 11 is 0. The van der Waals surface area contributed by atoms with Crippen LogP contribution in [-0.2, 0) is 9.59 Å². The lowest BCUT2D eigenvalue weighted by Gasteiger charge is -2.29. The number of allylic oxidation sites excluding steroid dienone is 1. The highest BCUT2D eigenvalue weighted by Crippen LogP contribution is 2.35. The molecule has 5 aromatic carbocycles. The Kier molecular flexibility index (Phi) is 13.7. The molecule has 0 aliphatic rings. The molecule has 0 saturated heterocycles. The summed E-state index contributed by atoms with van der Waals surface area (Å²) in [6, 6.07) is 23.5. The average Bonchev–Trinajstić information content (AvgIpc) is 3.18. The highest BCUT2D eigenvalue weighted by molar-refractivity contribution is 6.01.